The van der Waals surface area contributed by atoms with E-state index in [1.54, 1.807) is 0 Å². The van der Waals surface area contributed by atoms with Gasteiger partial charge < -0.3 is 4.79 Å². The largest absolute Gasteiger partial charge is 0.303 e. The van der Waals surface area contributed by atoms with Crippen LogP contribution in [0, 0.1) is 0 Å². The zero-order valence-corrected chi connectivity index (χ0v) is 11.7. The molecule has 0 fully saturated rings. The molecule has 1 aromatic rings. The SMILES string of the molecule is CS(=O)(=O)c1ccc(CCC=O)cc1S(C)(=O)=O. The number of aldehydes is 1. The third-order valence-corrected chi connectivity index (χ3v) is 4.78. The lowest BCUT2D eigenvalue weighted by Crippen LogP contribution is -2.08. The Bertz CT molecular complexity index is 657. The van der Waals surface area contributed by atoms with Crippen LogP contribution in [0.25, 0.3) is 0 Å². The average molecular weight is 290 g/mol. The van der Waals surface area contributed by atoms with Crippen LogP contribution in [-0.4, -0.2) is 35.6 Å². The molecule has 0 aliphatic carbocycles. The molecule has 0 unspecified atom stereocenters. The number of hydrogen-bond donors (Lipinski definition) is 0. The molecule has 1 rings (SSSR count). The predicted octanol–water partition coefficient (Wildman–Crippen LogP) is 0.625. The molecule has 0 saturated carbocycles. The first-order chi connectivity index (χ1) is 8.16. The maximum atomic E-state index is 11.6. The molecular weight excluding hydrogens is 276 g/mol. The highest BCUT2D eigenvalue weighted by Gasteiger charge is 2.20. The standard InChI is InChI=1S/C11H14O5S2/c1-17(13,14)10-6-5-9(4-3-7-12)8-11(10)18(2,15)16/h5-8H,3-4H2,1-2H3. The Kier molecular flexibility index (Phi) is 4.28. The number of carbonyl (C=O) groups excluding carboxylic acids is 1. The van der Waals surface area contributed by atoms with Gasteiger partial charge in [0.05, 0.1) is 9.79 Å². The van der Waals surface area contributed by atoms with E-state index in [0.717, 1.165) is 18.8 Å². The van der Waals surface area contributed by atoms with Gasteiger partial charge in [-0.2, -0.15) is 0 Å². The van der Waals surface area contributed by atoms with Crippen LogP contribution >= 0.6 is 0 Å². The summed E-state index contributed by atoms with van der Waals surface area (Å²) in [4.78, 5) is 9.85. The molecular formula is C11H14O5S2. The quantitative estimate of drug-likeness (QED) is 0.742. The summed E-state index contributed by atoms with van der Waals surface area (Å²) < 4.78 is 46.2. The molecule has 0 aliphatic heterocycles. The topological polar surface area (TPSA) is 85.3 Å². The Morgan fingerprint density at radius 2 is 1.56 bits per heavy atom. The minimum absolute atomic E-state index is 0.208. The van der Waals surface area contributed by atoms with Gasteiger partial charge in [0.15, 0.2) is 19.7 Å². The molecule has 0 aliphatic rings. The summed E-state index contributed by atoms with van der Waals surface area (Å²) in [5.74, 6) is 0. The molecule has 100 valence electrons. The van der Waals surface area contributed by atoms with Crippen LogP contribution in [0.5, 0.6) is 0 Å². The van der Waals surface area contributed by atoms with E-state index in [4.69, 9.17) is 0 Å². The second-order valence-corrected chi connectivity index (χ2v) is 8.00. The molecule has 18 heavy (non-hydrogen) atoms. The maximum absolute atomic E-state index is 11.6. The van der Waals surface area contributed by atoms with E-state index < -0.39 is 19.7 Å². The summed E-state index contributed by atoms with van der Waals surface area (Å²) in [5.41, 5.74) is 0.620. The van der Waals surface area contributed by atoms with Gasteiger partial charge in [-0.1, -0.05) is 6.07 Å². The smallest absolute Gasteiger partial charge is 0.176 e. The van der Waals surface area contributed by atoms with E-state index in [1.807, 2.05) is 0 Å². The molecule has 0 amide bonds. The number of hydrogen-bond acceptors (Lipinski definition) is 5. The van der Waals surface area contributed by atoms with Crippen LogP contribution in [0.2, 0.25) is 0 Å². The molecule has 0 bridgehead atoms. The Balaban J connectivity index is 3.45. The lowest BCUT2D eigenvalue weighted by atomic mass is 10.1. The molecule has 0 saturated heterocycles. The fraction of sp³-hybridized carbons (Fsp3) is 0.364. The van der Waals surface area contributed by atoms with E-state index in [1.165, 1.54) is 18.2 Å². The lowest BCUT2D eigenvalue weighted by Gasteiger charge is -2.08. The van der Waals surface area contributed by atoms with Gasteiger partial charge in [0.25, 0.3) is 0 Å². The number of benzene rings is 1. The van der Waals surface area contributed by atoms with Crippen LogP contribution in [-0.2, 0) is 30.9 Å². The normalized spacial score (nSPS) is 12.3. The first kappa shape index (κ1) is 14.8. The van der Waals surface area contributed by atoms with Crippen molar-refractivity contribution in [2.45, 2.75) is 22.6 Å². The first-order valence-corrected chi connectivity index (χ1v) is 8.91. The van der Waals surface area contributed by atoms with Crippen LogP contribution < -0.4 is 0 Å². The van der Waals surface area contributed by atoms with Crippen LogP contribution in [0.4, 0.5) is 0 Å². The molecule has 0 heterocycles. The van der Waals surface area contributed by atoms with Crippen molar-refractivity contribution in [3.63, 3.8) is 0 Å². The van der Waals surface area contributed by atoms with Gasteiger partial charge >= 0.3 is 0 Å². The summed E-state index contributed by atoms with van der Waals surface area (Å²) in [6.07, 6.45) is 3.30. The Morgan fingerprint density at radius 1 is 1.00 bits per heavy atom. The fourth-order valence-electron chi connectivity index (χ4n) is 1.53. The first-order valence-electron chi connectivity index (χ1n) is 5.13. The number of sulfone groups is 2. The Labute approximate surface area is 107 Å². The minimum atomic E-state index is -3.63. The van der Waals surface area contributed by atoms with E-state index in [2.05, 4.69) is 0 Å². The number of carbonyl (C=O) groups is 1. The highest BCUT2D eigenvalue weighted by atomic mass is 32.2. The molecule has 1 aromatic carbocycles. The third kappa shape index (κ3) is 3.64. The van der Waals surface area contributed by atoms with Crippen molar-refractivity contribution in [2.75, 3.05) is 12.5 Å². The van der Waals surface area contributed by atoms with Crippen molar-refractivity contribution in [3.8, 4) is 0 Å². The summed E-state index contributed by atoms with van der Waals surface area (Å²) in [5, 5.41) is 0. The van der Waals surface area contributed by atoms with Crippen LogP contribution in [0.1, 0.15) is 12.0 Å². The lowest BCUT2D eigenvalue weighted by molar-refractivity contribution is -0.107. The van der Waals surface area contributed by atoms with Crippen LogP contribution in [0.3, 0.4) is 0 Å². The highest BCUT2D eigenvalue weighted by molar-refractivity contribution is 7.93. The Morgan fingerprint density at radius 3 is 2.00 bits per heavy atom. The van der Waals surface area contributed by atoms with Crippen molar-refractivity contribution in [2.24, 2.45) is 0 Å². The molecule has 0 aromatic heterocycles. The van der Waals surface area contributed by atoms with Gasteiger partial charge in [-0.25, -0.2) is 16.8 Å². The summed E-state index contributed by atoms with van der Waals surface area (Å²) >= 11 is 0. The summed E-state index contributed by atoms with van der Waals surface area (Å²) in [7, 11) is -7.23. The third-order valence-electron chi connectivity index (χ3n) is 2.36. The minimum Gasteiger partial charge on any atom is -0.303 e. The molecule has 5 nitrogen and oxygen atoms in total. The summed E-state index contributed by atoms with van der Waals surface area (Å²) in [6.45, 7) is 0. The molecule has 7 heteroatoms. The van der Waals surface area contributed by atoms with Crippen molar-refractivity contribution >= 4 is 26.0 Å². The van der Waals surface area contributed by atoms with Crippen molar-refractivity contribution in [1.82, 2.24) is 0 Å². The highest BCUT2D eigenvalue weighted by Crippen LogP contribution is 2.23. The second-order valence-electron chi connectivity index (χ2n) is 4.03. The summed E-state index contributed by atoms with van der Waals surface area (Å²) in [6, 6.07) is 4.11. The van der Waals surface area contributed by atoms with Crippen molar-refractivity contribution < 1.29 is 21.6 Å². The van der Waals surface area contributed by atoms with Gasteiger partial charge in [0.1, 0.15) is 6.29 Å². The van der Waals surface area contributed by atoms with Crippen LogP contribution in [0.15, 0.2) is 28.0 Å². The zero-order valence-electron chi connectivity index (χ0n) is 10.1. The second kappa shape index (κ2) is 5.19. The van der Waals surface area contributed by atoms with Gasteiger partial charge in [-0.3, -0.25) is 0 Å². The maximum Gasteiger partial charge on any atom is 0.176 e. The molecule has 0 spiro atoms. The molecule has 0 radical (unpaired) electrons. The van der Waals surface area contributed by atoms with E-state index in [0.29, 0.717) is 12.0 Å². The Hall–Kier alpha value is -1.21. The molecule has 0 N–H and O–H groups in total. The van der Waals surface area contributed by atoms with Crippen molar-refractivity contribution in [1.29, 1.82) is 0 Å². The molecule has 0 atom stereocenters. The van der Waals surface area contributed by atoms with E-state index >= 15 is 0 Å². The average Bonchev–Trinajstić information content (AvgIpc) is 2.23. The predicted molar refractivity (Wildman–Crippen MR) is 67.0 cm³/mol. The zero-order chi connectivity index (χ0) is 14.0. The monoisotopic (exact) mass is 290 g/mol. The van der Waals surface area contributed by atoms with Gasteiger partial charge in [0, 0.05) is 18.9 Å². The van der Waals surface area contributed by atoms with Crippen molar-refractivity contribution in [3.05, 3.63) is 23.8 Å². The fourth-order valence-corrected chi connectivity index (χ4v) is 3.98. The van der Waals surface area contributed by atoms with Gasteiger partial charge in [-0.05, 0) is 24.1 Å². The van der Waals surface area contributed by atoms with Gasteiger partial charge in [0.2, 0.25) is 0 Å². The number of aryl methyl sites for hydroxylation is 1. The number of rotatable bonds is 5. The van der Waals surface area contributed by atoms with E-state index in [-0.39, 0.29) is 16.2 Å². The van der Waals surface area contributed by atoms with E-state index in [9.17, 15) is 21.6 Å². The van der Waals surface area contributed by atoms with Gasteiger partial charge in [-0.15, -0.1) is 0 Å².